The number of likely N-dealkylation sites (tertiary alicyclic amines) is 1. The summed E-state index contributed by atoms with van der Waals surface area (Å²) in [4.78, 5) is 28.8. The van der Waals surface area contributed by atoms with Gasteiger partial charge in [0.1, 0.15) is 6.10 Å². The van der Waals surface area contributed by atoms with E-state index in [0.29, 0.717) is 18.8 Å². The van der Waals surface area contributed by atoms with E-state index in [9.17, 15) is 9.59 Å². The van der Waals surface area contributed by atoms with E-state index >= 15 is 0 Å². The molecule has 0 radical (unpaired) electrons. The lowest BCUT2D eigenvalue weighted by Gasteiger charge is -2.28. The molecule has 1 N–H and O–H groups in total. The number of carbonyl (C=O) groups excluding carboxylic acids is 2. The summed E-state index contributed by atoms with van der Waals surface area (Å²) in [5.74, 6) is 0.0429. The van der Waals surface area contributed by atoms with Gasteiger partial charge in [0.15, 0.2) is 0 Å². The number of carbonyl (C=O) groups is 2. The summed E-state index contributed by atoms with van der Waals surface area (Å²) in [6.45, 7) is 5.23. The number of nitrogens with zero attached hydrogens (tertiary/aromatic N) is 2. The van der Waals surface area contributed by atoms with Gasteiger partial charge in [-0.1, -0.05) is 30.3 Å². The summed E-state index contributed by atoms with van der Waals surface area (Å²) in [5, 5.41) is 2.83. The molecule has 2 aliphatic heterocycles. The van der Waals surface area contributed by atoms with Gasteiger partial charge >= 0.3 is 6.09 Å². The summed E-state index contributed by atoms with van der Waals surface area (Å²) >= 11 is 0. The number of morpholine rings is 1. The van der Waals surface area contributed by atoms with Crippen LogP contribution in [0.15, 0.2) is 42.5 Å². The molecule has 2 saturated heterocycles. The predicted octanol–water partition coefficient (Wildman–Crippen LogP) is 2.74. The number of fused-ring (bicyclic) bond motifs is 3. The van der Waals surface area contributed by atoms with E-state index in [2.05, 4.69) is 22.3 Å². The second-order valence-corrected chi connectivity index (χ2v) is 8.36. The van der Waals surface area contributed by atoms with Crippen LogP contribution in [-0.4, -0.2) is 73.8 Å². The maximum absolute atomic E-state index is 12.4. The topological polar surface area (TPSA) is 71.1 Å². The molecule has 5 rings (SSSR count). The van der Waals surface area contributed by atoms with Gasteiger partial charge in [-0.2, -0.15) is 0 Å². The molecule has 2 fully saturated rings. The largest absolute Gasteiger partial charge is 0.444 e. The Hall–Kier alpha value is -2.90. The van der Waals surface area contributed by atoms with Gasteiger partial charge in [0.25, 0.3) is 0 Å². The lowest BCUT2D eigenvalue weighted by molar-refractivity contribution is -0.128. The Bertz CT molecular complexity index is 987. The minimum atomic E-state index is -0.511. The second-order valence-electron chi connectivity index (χ2n) is 8.36. The van der Waals surface area contributed by atoms with Crippen molar-refractivity contribution in [2.24, 2.45) is 0 Å². The molecule has 0 spiro atoms. The molecular weight excluding hydrogens is 394 g/mol. The van der Waals surface area contributed by atoms with E-state index in [-0.39, 0.29) is 12.3 Å². The summed E-state index contributed by atoms with van der Waals surface area (Å²) in [6.07, 6.45) is 0.195. The van der Waals surface area contributed by atoms with Crippen LogP contribution in [-0.2, 0) is 20.7 Å². The Kier molecular flexibility index (Phi) is 5.61. The van der Waals surface area contributed by atoms with E-state index in [1.807, 2.05) is 30.3 Å². The van der Waals surface area contributed by atoms with Gasteiger partial charge in [0.05, 0.1) is 26.2 Å². The van der Waals surface area contributed by atoms with Crippen LogP contribution in [0, 0.1) is 0 Å². The SMILES string of the molecule is O=C(Nc1ccc2c(c1)Cc1ccccc1-2)OC1CC(=O)N(CCN2CCOCC2)C1. The Morgan fingerprint density at radius 2 is 1.87 bits per heavy atom. The van der Waals surface area contributed by atoms with E-state index in [1.54, 1.807) is 4.90 Å². The lowest BCUT2D eigenvalue weighted by Crippen LogP contribution is -2.42. The number of hydrogen-bond donors (Lipinski definition) is 1. The number of anilines is 1. The Labute approximate surface area is 181 Å². The van der Waals surface area contributed by atoms with E-state index in [4.69, 9.17) is 9.47 Å². The van der Waals surface area contributed by atoms with Crippen molar-refractivity contribution in [1.29, 1.82) is 0 Å². The van der Waals surface area contributed by atoms with Crippen LogP contribution >= 0.6 is 0 Å². The van der Waals surface area contributed by atoms with Crippen molar-refractivity contribution < 1.29 is 19.1 Å². The van der Waals surface area contributed by atoms with Crippen LogP contribution < -0.4 is 5.32 Å². The molecule has 1 aliphatic carbocycles. The summed E-state index contributed by atoms with van der Waals surface area (Å²) < 4.78 is 10.9. The van der Waals surface area contributed by atoms with Gasteiger partial charge in [-0.25, -0.2) is 4.79 Å². The highest BCUT2D eigenvalue weighted by molar-refractivity contribution is 5.87. The van der Waals surface area contributed by atoms with Crippen LogP contribution in [0.1, 0.15) is 17.5 Å². The van der Waals surface area contributed by atoms with Crippen molar-refractivity contribution in [1.82, 2.24) is 9.80 Å². The van der Waals surface area contributed by atoms with E-state index in [0.717, 1.165) is 39.3 Å². The monoisotopic (exact) mass is 421 g/mol. The fourth-order valence-electron chi connectivity index (χ4n) is 4.64. The molecule has 31 heavy (non-hydrogen) atoms. The molecule has 2 aromatic carbocycles. The Morgan fingerprint density at radius 1 is 1.06 bits per heavy atom. The highest BCUT2D eigenvalue weighted by atomic mass is 16.6. The fraction of sp³-hybridized carbons (Fsp3) is 0.417. The van der Waals surface area contributed by atoms with E-state index in [1.165, 1.54) is 22.3 Å². The van der Waals surface area contributed by atoms with Crippen LogP contribution in [0.5, 0.6) is 0 Å². The molecule has 7 nitrogen and oxygen atoms in total. The first-order chi connectivity index (χ1) is 15.2. The normalized spacial score (nSPS) is 20.5. The molecule has 2 amide bonds. The third kappa shape index (κ3) is 4.43. The smallest absolute Gasteiger partial charge is 0.411 e. The fourth-order valence-corrected chi connectivity index (χ4v) is 4.64. The molecule has 2 aromatic rings. The van der Waals surface area contributed by atoms with Gasteiger partial charge in [0.2, 0.25) is 5.91 Å². The zero-order valence-corrected chi connectivity index (χ0v) is 17.5. The van der Waals surface area contributed by atoms with Gasteiger partial charge < -0.3 is 14.4 Å². The molecule has 0 saturated carbocycles. The van der Waals surface area contributed by atoms with Crippen LogP contribution in [0.2, 0.25) is 0 Å². The molecule has 7 heteroatoms. The van der Waals surface area contributed by atoms with Gasteiger partial charge in [-0.05, 0) is 40.8 Å². The first kappa shape index (κ1) is 20.0. The number of ether oxygens (including phenoxy) is 2. The summed E-state index contributed by atoms with van der Waals surface area (Å²) in [5.41, 5.74) is 5.69. The molecule has 3 aliphatic rings. The average molecular weight is 421 g/mol. The first-order valence-electron chi connectivity index (χ1n) is 10.9. The maximum Gasteiger partial charge on any atom is 0.411 e. The van der Waals surface area contributed by atoms with Crippen molar-refractivity contribution >= 4 is 17.7 Å². The molecule has 1 unspecified atom stereocenters. The standard InChI is InChI=1S/C24H27N3O4/c28-23-15-20(16-27(23)8-7-26-9-11-30-12-10-26)31-24(29)25-19-5-6-22-18(14-19)13-17-3-1-2-4-21(17)22/h1-6,14,20H,7-13,15-16H2,(H,25,29). The number of hydrogen-bond acceptors (Lipinski definition) is 5. The van der Waals surface area contributed by atoms with Crippen molar-refractivity contribution in [3.63, 3.8) is 0 Å². The zero-order valence-electron chi connectivity index (χ0n) is 17.5. The minimum absolute atomic E-state index is 0.0429. The Balaban J connectivity index is 1.13. The lowest BCUT2D eigenvalue weighted by atomic mass is 10.1. The number of rotatable bonds is 5. The maximum atomic E-state index is 12.4. The molecule has 2 heterocycles. The third-order valence-electron chi connectivity index (χ3n) is 6.28. The summed E-state index contributed by atoms with van der Waals surface area (Å²) in [7, 11) is 0. The third-order valence-corrected chi connectivity index (χ3v) is 6.28. The number of nitrogens with one attached hydrogen (secondary N) is 1. The van der Waals surface area contributed by atoms with Gasteiger partial charge in [-0.15, -0.1) is 0 Å². The summed E-state index contributed by atoms with van der Waals surface area (Å²) in [6, 6.07) is 14.3. The van der Waals surface area contributed by atoms with E-state index < -0.39 is 12.2 Å². The molecule has 1 atom stereocenters. The minimum Gasteiger partial charge on any atom is -0.444 e. The van der Waals surface area contributed by atoms with Crippen molar-refractivity contribution in [2.75, 3.05) is 51.3 Å². The van der Waals surface area contributed by atoms with Crippen molar-refractivity contribution in [3.05, 3.63) is 53.6 Å². The molecule has 0 bridgehead atoms. The van der Waals surface area contributed by atoms with Gasteiger partial charge in [-0.3, -0.25) is 15.0 Å². The molecule has 0 aromatic heterocycles. The second kappa shape index (κ2) is 8.69. The van der Waals surface area contributed by atoms with Crippen molar-refractivity contribution in [3.8, 4) is 11.1 Å². The molecule has 162 valence electrons. The number of benzene rings is 2. The van der Waals surface area contributed by atoms with Crippen LogP contribution in [0.25, 0.3) is 11.1 Å². The molecular formula is C24H27N3O4. The van der Waals surface area contributed by atoms with Crippen LogP contribution in [0.4, 0.5) is 10.5 Å². The van der Waals surface area contributed by atoms with Gasteiger partial charge in [0, 0.05) is 31.9 Å². The highest BCUT2D eigenvalue weighted by Gasteiger charge is 2.32. The number of amides is 2. The van der Waals surface area contributed by atoms with Crippen LogP contribution in [0.3, 0.4) is 0 Å². The first-order valence-corrected chi connectivity index (χ1v) is 10.9. The van der Waals surface area contributed by atoms with Crippen molar-refractivity contribution in [2.45, 2.75) is 18.9 Å². The highest BCUT2D eigenvalue weighted by Crippen LogP contribution is 2.37. The predicted molar refractivity (Wildman–Crippen MR) is 117 cm³/mol. The Morgan fingerprint density at radius 3 is 2.74 bits per heavy atom. The average Bonchev–Trinajstić information content (AvgIpc) is 3.31. The zero-order chi connectivity index (χ0) is 21.2. The quantitative estimate of drug-likeness (QED) is 0.686.